The van der Waals surface area contributed by atoms with Gasteiger partial charge in [-0.15, -0.1) is 13.2 Å². The SMILES string of the molecule is C=CCN(CC=C)C(=O)/C(C#N)=C\Nc1ncccc1C. The number of nitrogens with zero attached hydrogens (tertiary/aromatic N) is 3. The molecule has 0 atom stereocenters. The number of nitrogens with one attached hydrogen (secondary N) is 1. The van der Waals surface area contributed by atoms with Gasteiger partial charge in [-0.05, 0) is 18.6 Å². The predicted molar refractivity (Wildman–Crippen MR) is 83.3 cm³/mol. The van der Waals surface area contributed by atoms with Crippen molar-refractivity contribution in [3.05, 3.63) is 61.0 Å². The van der Waals surface area contributed by atoms with Gasteiger partial charge in [-0.1, -0.05) is 18.2 Å². The van der Waals surface area contributed by atoms with Crippen molar-refractivity contribution in [2.24, 2.45) is 0 Å². The summed E-state index contributed by atoms with van der Waals surface area (Å²) in [6.07, 6.45) is 6.22. The first-order valence-corrected chi connectivity index (χ1v) is 6.43. The van der Waals surface area contributed by atoms with Crippen LogP contribution < -0.4 is 5.32 Å². The standard InChI is InChI=1S/C16H18N4O/c1-4-9-20(10-5-2)16(21)14(11-17)12-19-15-13(3)7-6-8-18-15/h4-8,12H,1-2,9-10H2,3H3,(H,18,19)/b14-12-. The van der Waals surface area contributed by atoms with Crippen molar-refractivity contribution in [1.29, 1.82) is 5.26 Å². The van der Waals surface area contributed by atoms with Crippen molar-refractivity contribution in [3.8, 4) is 6.07 Å². The molecule has 21 heavy (non-hydrogen) atoms. The average Bonchev–Trinajstić information content (AvgIpc) is 2.49. The third kappa shape index (κ3) is 4.62. The van der Waals surface area contributed by atoms with Gasteiger partial charge >= 0.3 is 0 Å². The summed E-state index contributed by atoms with van der Waals surface area (Å²) in [5, 5.41) is 12.0. The van der Waals surface area contributed by atoms with E-state index in [4.69, 9.17) is 5.26 Å². The monoisotopic (exact) mass is 282 g/mol. The Morgan fingerprint density at radius 3 is 2.67 bits per heavy atom. The van der Waals surface area contributed by atoms with Gasteiger partial charge in [0.1, 0.15) is 17.5 Å². The molecule has 0 bridgehead atoms. The second-order valence-corrected chi connectivity index (χ2v) is 4.27. The van der Waals surface area contributed by atoms with E-state index in [1.54, 1.807) is 18.3 Å². The maximum atomic E-state index is 12.2. The van der Waals surface area contributed by atoms with E-state index in [1.165, 1.54) is 11.1 Å². The molecule has 0 radical (unpaired) electrons. The van der Waals surface area contributed by atoms with Crippen LogP contribution in [0.25, 0.3) is 0 Å². The lowest BCUT2D eigenvalue weighted by atomic mass is 10.2. The van der Waals surface area contributed by atoms with E-state index in [9.17, 15) is 4.79 Å². The largest absolute Gasteiger partial charge is 0.345 e. The molecule has 1 heterocycles. The lowest BCUT2D eigenvalue weighted by Gasteiger charge is -2.18. The van der Waals surface area contributed by atoms with Crippen molar-refractivity contribution >= 4 is 11.7 Å². The molecule has 0 aliphatic heterocycles. The van der Waals surface area contributed by atoms with Gasteiger partial charge in [0, 0.05) is 25.5 Å². The number of anilines is 1. The van der Waals surface area contributed by atoms with Crippen LogP contribution in [0, 0.1) is 18.3 Å². The number of carbonyl (C=O) groups is 1. The van der Waals surface area contributed by atoms with Gasteiger partial charge in [-0.3, -0.25) is 4.79 Å². The number of nitriles is 1. The number of amides is 1. The number of rotatable bonds is 7. The number of carbonyl (C=O) groups excluding carboxylic acids is 1. The third-order valence-corrected chi connectivity index (χ3v) is 2.70. The van der Waals surface area contributed by atoms with Gasteiger partial charge in [0.15, 0.2) is 0 Å². The first-order valence-electron chi connectivity index (χ1n) is 6.43. The molecule has 5 nitrogen and oxygen atoms in total. The summed E-state index contributed by atoms with van der Waals surface area (Å²) in [7, 11) is 0. The summed E-state index contributed by atoms with van der Waals surface area (Å²) in [6.45, 7) is 9.79. The molecule has 0 saturated carbocycles. The van der Waals surface area contributed by atoms with Gasteiger partial charge in [0.2, 0.25) is 0 Å². The highest BCUT2D eigenvalue weighted by atomic mass is 16.2. The van der Waals surface area contributed by atoms with Gasteiger partial charge in [-0.2, -0.15) is 5.26 Å². The highest BCUT2D eigenvalue weighted by molar-refractivity contribution is 5.97. The summed E-state index contributed by atoms with van der Waals surface area (Å²) in [4.78, 5) is 17.9. The number of hydrogen-bond acceptors (Lipinski definition) is 4. The number of aryl methyl sites for hydroxylation is 1. The van der Waals surface area contributed by atoms with E-state index in [1.807, 2.05) is 25.1 Å². The molecule has 0 saturated heterocycles. The van der Waals surface area contributed by atoms with Crippen molar-refractivity contribution in [2.45, 2.75) is 6.92 Å². The fourth-order valence-corrected chi connectivity index (χ4v) is 1.64. The lowest BCUT2D eigenvalue weighted by Crippen LogP contribution is -2.32. The second kappa shape index (κ2) is 8.33. The first-order chi connectivity index (χ1) is 10.1. The molecule has 0 aliphatic rings. The van der Waals surface area contributed by atoms with E-state index in [0.717, 1.165) is 5.56 Å². The van der Waals surface area contributed by atoms with Crippen LogP contribution in [0.5, 0.6) is 0 Å². The van der Waals surface area contributed by atoms with Crippen LogP contribution in [-0.2, 0) is 4.79 Å². The van der Waals surface area contributed by atoms with Crippen LogP contribution >= 0.6 is 0 Å². The highest BCUT2D eigenvalue weighted by Crippen LogP contribution is 2.10. The summed E-state index contributed by atoms with van der Waals surface area (Å²) in [6, 6.07) is 5.60. The summed E-state index contributed by atoms with van der Waals surface area (Å²) in [5.74, 6) is 0.232. The van der Waals surface area contributed by atoms with Gasteiger partial charge in [0.05, 0.1) is 0 Å². The molecular formula is C16H18N4O. The van der Waals surface area contributed by atoms with Crippen LogP contribution in [0.3, 0.4) is 0 Å². The van der Waals surface area contributed by atoms with Crippen molar-refractivity contribution < 1.29 is 4.79 Å². The van der Waals surface area contributed by atoms with Crippen molar-refractivity contribution in [3.63, 3.8) is 0 Å². The quantitative estimate of drug-likeness (QED) is 0.473. The molecule has 1 N–H and O–H groups in total. The number of hydrogen-bond donors (Lipinski definition) is 1. The number of aromatic nitrogens is 1. The molecule has 0 fully saturated rings. The Morgan fingerprint density at radius 2 is 2.14 bits per heavy atom. The Bertz CT molecular complexity index is 589. The summed E-state index contributed by atoms with van der Waals surface area (Å²) >= 11 is 0. The van der Waals surface area contributed by atoms with Crippen LogP contribution in [0.15, 0.2) is 55.4 Å². The molecule has 1 rings (SSSR count). The Hall–Kier alpha value is -2.87. The van der Waals surface area contributed by atoms with Crippen LogP contribution in [0.1, 0.15) is 5.56 Å². The Morgan fingerprint density at radius 1 is 1.48 bits per heavy atom. The Labute approximate surface area is 124 Å². The molecule has 1 amide bonds. The molecule has 108 valence electrons. The second-order valence-electron chi connectivity index (χ2n) is 4.27. The topological polar surface area (TPSA) is 69.0 Å². The molecular weight excluding hydrogens is 264 g/mol. The van der Waals surface area contributed by atoms with Crippen molar-refractivity contribution in [1.82, 2.24) is 9.88 Å². The minimum Gasteiger partial charge on any atom is -0.345 e. The molecule has 1 aromatic heterocycles. The molecule has 1 aromatic rings. The maximum Gasteiger partial charge on any atom is 0.266 e. The average molecular weight is 282 g/mol. The van der Waals surface area contributed by atoms with Crippen LogP contribution in [-0.4, -0.2) is 28.9 Å². The fraction of sp³-hybridized carbons (Fsp3) is 0.188. The zero-order valence-corrected chi connectivity index (χ0v) is 12.0. The van der Waals surface area contributed by atoms with E-state index in [0.29, 0.717) is 18.9 Å². The summed E-state index contributed by atoms with van der Waals surface area (Å²) < 4.78 is 0. The first kappa shape index (κ1) is 16.2. The van der Waals surface area contributed by atoms with E-state index in [2.05, 4.69) is 23.5 Å². The fourth-order valence-electron chi connectivity index (χ4n) is 1.64. The lowest BCUT2D eigenvalue weighted by molar-refractivity contribution is -0.125. The third-order valence-electron chi connectivity index (χ3n) is 2.70. The van der Waals surface area contributed by atoms with E-state index < -0.39 is 0 Å². The smallest absolute Gasteiger partial charge is 0.266 e. The van der Waals surface area contributed by atoms with Crippen molar-refractivity contribution in [2.75, 3.05) is 18.4 Å². The minimum absolute atomic E-state index is 0.00348. The van der Waals surface area contributed by atoms with E-state index in [-0.39, 0.29) is 11.5 Å². The predicted octanol–water partition coefficient (Wildman–Crippen LogP) is 2.41. The molecule has 0 aliphatic carbocycles. The Balaban J connectivity index is 2.91. The zero-order valence-electron chi connectivity index (χ0n) is 12.0. The maximum absolute atomic E-state index is 12.2. The molecule has 0 aromatic carbocycles. The molecule has 5 heteroatoms. The van der Waals surface area contributed by atoms with Gasteiger partial charge in [0.25, 0.3) is 5.91 Å². The minimum atomic E-state index is -0.376. The Kier molecular flexibility index (Phi) is 6.42. The van der Waals surface area contributed by atoms with Gasteiger partial charge < -0.3 is 10.2 Å². The van der Waals surface area contributed by atoms with E-state index >= 15 is 0 Å². The number of pyridine rings is 1. The van der Waals surface area contributed by atoms with Crippen LogP contribution in [0.4, 0.5) is 5.82 Å². The van der Waals surface area contributed by atoms with Crippen LogP contribution in [0.2, 0.25) is 0 Å². The zero-order chi connectivity index (χ0) is 15.7. The highest BCUT2D eigenvalue weighted by Gasteiger charge is 2.16. The molecule has 0 unspecified atom stereocenters. The molecule has 0 spiro atoms. The van der Waals surface area contributed by atoms with Gasteiger partial charge in [-0.25, -0.2) is 4.98 Å². The summed E-state index contributed by atoms with van der Waals surface area (Å²) in [5.41, 5.74) is 0.927. The normalized spacial score (nSPS) is 10.4.